The highest BCUT2D eigenvalue weighted by Gasteiger charge is 2.40. The van der Waals surface area contributed by atoms with E-state index in [9.17, 15) is 9.59 Å². The van der Waals surface area contributed by atoms with E-state index >= 15 is 0 Å². The van der Waals surface area contributed by atoms with E-state index in [-0.39, 0.29) is 23.9 Å². The minimum Gasteiger partial charge on any atom is -0.468 e. The standard InChI is InChI=1S/C45H37N3O4/c49-40-25-41(50)42-37-22-29-16-17-30(28-52-45(32-10-4-1-5-11-32,33-12-6-2-7-13-33)34-14-8-3-9-15-34)43(36(29)23-31-26-46-27-39(31)37)47-19-18-35-24-38(40)44(42)48-20-21-51-35/h1-15,20-24,26-27,30,46,48H,16-19,25,28H2/b21-20?,35-24?,42-37+,47-43-. The zero-order chi connectivity index (χ0) is 35.1. The lowest BCUT2D eigenvalue weighted by Crippen LogP contribution is -2.37. The predicted octanol–water partition coefficient (Wildman–Crippen LogP) is 8.87. The molecule has 8 bridgehead atoms. The summed E-state index contributed by atoms with van der Waals surface area (Å²) in [7, 11) is 0. The van der Waals surface area contributed by atoms with Gasteiger partial charge in [0.1, 0.15) is 17.6 Å². The maximum absolute atomic E-state index is 13.8. The third kappa shape index (κ3) is 5.45. The average Bonchev–Trinajstić information content (AvgIpc) is 3.57. The van der Waals surface area contributed by atoms with Gasteiger partial charge in [0.25, 0.3) is 0 Å². The molecule has 1 unspecified atom stereocenters. The second kappa shape index (κ2) is 13.2. The molecule has 0 saturated heterocycles. The van der Waals surface area contributed by atoms with Crippen LogP contribution in [0.3, 0.4) is 0 Å². The number of Topliss-reactive ketones (excluding diaryl/α,β-unsaturated/α-hetero) is 2. The number of ketones is 2. The first-order chi connectivity index (χ1) is 25.6. The van der Waals surface area contributed by atoms with E-state index < -0.39 is 5.60 Å². The lowest BCUT2D eigenvalue weighted by atomic mass is 9.78. The van der Waals surface area contributed by atoms with Gasteiger partial charge in [-0.05, 0) is 64.5 Å². The SMILES string of the molecule is O=C1CC(=O)c2cc3occ[nH]c2/C1=C1\C=C2CCC(COC(c4ccccc4)(c4ccccc4)c4ccccc4)/C(=N/CC3)C2=Cc2c[nH]cc21. The summed E-state index contributed by atoms with van der Waals surface area (Å²) in [5.41, 5.74) is 9.60. The van der Waals surface area contributed by atoms with Crippen LogP contribution in [0, 0.1) is 5.92 Å². The Morgan fingerprint density at radius 2 is 1.50 bits per heavy atom. The van der Waals surface area contributed by atoms with E-state index in [0.717, 1.165) is 63.1 Å². The van der Waals surface area contributed by atoms with Crippen molar-refractivity contribution in [3.05, 3.63) is 184 Å². The van der Waals surface area contributed by atoms with Gasteiger partial charge in [0, 0.05) is 59.9 Å². The Labute approximate surface area is 301 Å². The van der Waals surface area contributed by atoms with Gasteiger partial charge in [-0.15, -0.1) is 0 Å². The van der Waals surface area contributed by atoms with E-state index in [1.54, 1.807) is 18.5 Å². The molecule has 1 atom stereocenters. The van der Waals surface area contributed by atoms with E-state index in [1.807, 2.05) is 30.6 Å². The molecule has 2 N–H and O–H groups in total. The van der Waals surface area contributed by atoms with Crippen molar-refractivity contribution in [2.75, 3.05) is 13.2 Å². The van der Waals surface area contributed by atoms with Crippen molar-refractivity contribution in [2.45, 2.75) is 31.3 Å². The molecule has 256 valence electrons. The van der Waals surface area contributed by atoms with Gasteiger partial charge in [-0.25, -0.2) is 0 Å². The van der Waals surface area contributed by atoms with Crippen LogP contribution in [0.4, 0.5) is 0 Å². The number of benzene rings is 3. The van der Waals surface area contributed by atoms with Gasteiger partial charge in [0.2, 0.25) is 0 Å². The highest BCUT2D eigenvalue weighted by Crippen LogP contribution is 2.45. The molecule has 1 aliphatic heterocycles. The third-order valence-corrected chi connectivity index (χ3v) is 10.6. The lowest BCUT2D eigenvalue weighted by Gasteiger charge is -2.38. The third-order valence-electron chi connectivity index (χ3n) is 10.6. The maximum Gasteiger partial charge on any atom is 0.173 e. The maximum atomic E-state index is 13.8. The molecule has 7 nitrogen and oxygen atoms in total. The van der Waals surface area contributed by atoms with Gasteiger partial charge in [-0.3, -0.25) is 14.6 Å². The normalized spacial score (nSPS) is 20.3. The van der Waals surface area contributed by atoms with Crippen molar-refractivity contribution < 1.29 is 18.7 Å². The van der Waals surface area contributed by atoms with Crippen LogP contribution >= 0.6 is 0 Å². The van der Waals surface area contributed by atoms with Crippen LogP contribution in [0.1, 0.15) is 68.9 Å². The Hall–Kier alpha value is -6.05. The minimum atomic E-state index is -0.862. The van der Waals surface area contributed by atoms with Gasteiger partial charge < -0.3 is 19.1 Å². The fourth-order valence-corrected chi connectivity index (χ4v) is 8.20. The summed E-state index contributed by atoms with van der Waals surface area (Å²) < 4.78 is 13.4. The van der Waals surface area contributed by atoms with Crippen molar-refractivity contribution in [2.24, 2.45) is 10.9 Å². The first-order valence-corrected chi connectivity index (χ1v) is 17.9. The molecule has 0 radical (unpaired) electrons. The Kier molecular flexibility index (Phi) is 8.13. The number of nitrogens with one attached hydrogen (secondary N) is 2. The van der Waals surface area contributed by atoms with Crippen LogP contribution < -0.4 is 0 Å². The molecule has 3 aliphatic carbocycles. The van der Waals surface area contributed by atoms with Crippen LogP contribution in [-0.4, -0.2) is 40.4 Å². The Balaban J connectivity index is 1.20. The van der Waals surface area contributed by atoms with E-state index in [1.165, 1.54) is 0 Å². The second-order valence-corrected chi connectivity index (χ2v) is 13.7. The smallest absolute Gasteiger partial charge is 0.173 e. The van der Waals surface area contributed by atoms with Crippen molar-refractivity contribution in [1.29, 1.82) is 0 Å². The minimum absolute atomic E-state index is 0.0230. The molecule has 2 aromatic heterocycles. The number of nitrogens with zero attached hydrogens (tertiary/aromatic N) is 1. The van der Waals surface area contributed by atoms with Crippen LogP contribution in [0.2, 0.25) is 0 Å². The zero-order valence-corrected chi connectivity index (χ0v) is 28.6. The first kappa shape index (κ1) is 31.9. The molecule has 5 aromatic rings. The van der Waals surface area contributed by atoms with Crippen LogP contribution in [0.25, 0.3) is 17.2 Å². The predicted molar refractivity (Wildman–Crippen MR) is 202 cm³/mol. The van der Waals surface area contributed by atoms with Crippen LogP contribution in [0.15, 0.2) is 149 Å². The lowest BCUT2D eigenvalue weighted by molar-refractivity contribution is -0.113. The Morgan fingerprint density at radius 3 is 2.19 bits per heavy atom. The van der Waals surface area contributed by atoms with E-state index in [2.05, 4.69) is 94.9 Å². The summed E-state index contributed by atoms with van der Waals surface area (Å²) >= 11 is 0. The number of aromatic nitrogens is 2. The molecular formula is C45H37N3O4. The number of ether oxygens (including phenoxy) is 1. The van der Waals surface area contributed by atoms with Crippen LogP contribution in [0.5, 0.6) is 0 Å². The van der Waals surface area contributed by atoms with Crippen molar-refractivity contribution in [1.82, 2.24) is 9.97 Å². The highest BCUT2D eigenvalue weighted by molar-refractivity contribution is 6.38. The monoisotopic (exact) mass is 683 g/mol. The molecule has 9 rings (SSSR count). The molecule has 4 aliphatic rings. The zero-order valence-electron chi connectivity index (χ0n) is 28.6. The molecule has 3 heterocycles. The van der Waals surface area contributed by atoms with Gasteiger partial charge in [-0.1, -0.05) is 91.0 Å². The number of carbonyl (C=O) groups is 2. The van der Waals surface area contributed by atoms with Gasteiger partial charge in [0.15, 0.2) is 11.6 Å². The number of hydrogen-bond acceptors (Lipinski definition) is 5. The summed E-state index contributed by atoms with van der Waals surface area (Å²) in [4.78, 5) is 39.1. The number of aliphatic imine (C=N–C) groups is 1. The topological polar surface area (TPSA) is 100 Å². The summed E-state index contributed by atoms with van der Waals surface area (Å²) in [5.74, 6) is 0.174. The number of aromatic amines is 2. The quantitative estimate of drug-likeness (QED) is 0.138. The molecule has 1 saturated carbocycles. The molecule has 1 fully saturated rings. The van der Waals surface area contributed by atoms with E-state index in [4.69, 9.17) is 14.1 Å². The molecule has 7 heteroatoms. The average molecular weight is 684 g/mol. The summed E-state index contributed by atoms with van der Waals surface area (Å²) in [6, 6.07) is 33.1. The fourth-order valence-electron chi connectivity index (χ4n) is 8.20. The number of allylic oxidation sites excluding steroid dienone is 5. The largest absolute Gasteiger partial charge is 0.468 e. The van der Waals surface area contributed by atoms with Gasteiger partial charge >= 0.3 is 0 Å². The first-order valence-electron chi connectivity index (χ1n) is 17.9. The summed E-state index contributed by atoms with van der Waals surface area (Å²) in [6.07, 6.45) is 13.4. The summed E-state index contributed by atoms with van der Waals surface area (Å²) in [6.45, 7) is 0.873. The highest BCUT2D eigenvalue weighted by atomic mass is 16.5. The Morgan fingerprint density at radius 1 is 0.808 bits per heavy atom. The van der Waals surface area contributed by atoms with Gasteiger partial charge in [0.05, 0.1) is 24.3 Å². The van der Waals surface area contributed by atoms with Crippen molar-refractivity contribution in [3.8, 4) is 0 Å². The molecular weight excluding hydrogens is 647 g/mol. The van der Waals surface area contributed by atoms with Crippen molar-refractivity contribution in [3.63, 3.8) is 0 Å². The molecule has 52 heavy (non-hydrogen) atoms. The van der Waals surface area contributed by atoms with E-state index in [0.29, 0.717) is 42.2 Å². The Bertz CT molecular complexity index is 2270. The summed E-state index contributed by atoms with van der Waals surface area (Å²) in [5, 5.41) is 0. The van der Waals surface area contributed by atoms with Gasteiger partial charge in [-0.2, -0.15) is 0 Å². The van der Waals surface area contributed by atoms with Crippen LogP contribution in [-0.2, 0) is 21.6 Å². The molecule has 0 amide bonds. The number of hydrogen-bond donors (Lipinski definition) is 2. The number of carbonyl (C=O) groups excluding carboxylic acids is 2. The molecule has 3 aromatic carbocycles. The molecule has 0 spiro atoms. The fraction of sp³-hybridized carbons (Fsp3) is 0.178. The number of rotatable bonds is 6. The second-order valence-electron chi connectivity index (χ2n) is 13.7. The van der Waals surface area contributed by atoms with Crippen molar-refractivity contribution >= 4 is 34.5 Å². The number of H-pyrrole nitrogens is 2. The number of fused-ring (bicyclic) bond motifs is 4.